The summed E-state index contributed by atoms with van der Waals surface area (Å²) in [6.07, 6.45) is -4.66. The molecule has 0 spiro atoms. The van der Waals surface area contributed by atoms with Gasteiger partial charge in [0.1, 0.15) is 0 Å². The third kappa shape index (κ3) is 4.09. The van der Waals surface area contributed by atoms with Crippen LogP contribution in [0, 0.1) is 0 Å². The number of hydrogen-bond donors (Lipinski definition) is 2. The molecule has 0 aliphatic carbocycles. The summed E-state index contributed by atoms with van der Waals surface area (Å²) >= 11 is 0. The van der Waals surface area contributed by atoms with Crippen molar-refractivity contribution in [3.63, 3.8) is 0 Å². The largest absolute Gasteiger partial charge is 0.478 e. The third-order valence-corrected chi connectivity index (χ3v) is 3.02. The second kappa shape index (κ2) is 6.12. The smallest absolute Gasteiger partial charge is 0.416 e. The third-order valence-electron chi connectivity index (χ3n) is 3.02. The minimum absolute atomic E-state index is 0.101. The topological polar surface area (TPSA) is 66.4 Å². The minimum atomic E-state index is -4.66. The fourth-order valence-corrected chi connectivity index (χ4v) is 2.06. The number of halogens is 3. The van der Waals surface area contributed by atoms with Crippen LogP contribution in [0.2, 0.25) is 0 Å². The molecular weight excluding hydrogens is 311 g/mol. The molecule has 23 heavy (non-hydrogen) atoms. The lowest BCUT2D eigenvalue weighted by Crippen LogP contribution is -2.08. The Hall–Kier alpha value is -2.83. The number of aromatic carboxylic acids is 1. The average Bonchev–Trinajstić information content (AvgIpc) is 2.45. The van der Waals surface area contributed by atoms with Gasteiger partial charge in [-0.2, -0.15) is 13.2 Å². The molecule has 0 saturated carbocycles. The van der Waals surface area contributed by atoms with Crippen molar-refractivity contribution in [2.75, 3.05) is 5.32 Å². The van der Waals surface area contributed by atoms with Crippen LogP contribution in [0.25, 0.3) is 11.1 Å². The Morgan fingerprint density at radius 2 is 1.74 bits per heavy atom. The Bertz CT molecular complexity index is 769. The van der Waals surface area contributed by atoms with E-state index in [9.17, 15) is 22.8 Å². The molecule has 0 radical (unpaired) electrons. The van der Waals surface area contributed by atoms with Crippen molar-refractivity contribution in [2.24, 2.45) is 0 Å². The summed E-state index contributed by atoms with van der Waals surface area (Å²) < 4.78 is 38.8. The summed E-state index contributed by atoms with van der Waals surface area (Å²) in [5.74, 6) is -1.77. The molecule has 7 heteroatoms. The summed E-state index contributed by atoms with van der Waals surface area (Å²) in [5.41, 5.74) is -0.629. The van der Waals surface area contributed by atoms with Crippen LogP contribution in [0.15, 0.2) is 42.5 Å². The molecule has 120 valence electrons. The van der Waals surface area contributed by atoms with E-state index >= 15 is 0 Å². The van der Waals surface area contributed by atoms with Crippen LogP contribution in [0.4, 0.5) is 18.9 Å². The second-order valence-corrected chi connectivity index (χ2v) is 4.86. The van der Waals surface area contributed by atoms with E-state index < -0.39 is 23.3 Å². The molecule has 0 aromatic heterocycles. The maximum absolute atomic E-state index is 12.9. The van der Waals surface area contributed by atoms with Crippen molar-refractivity contribution in [2.45, 2.75) is 13.1 Å². The van der Waals surface area contributed by atoms with E-state index in [-0.39, 0.29) is 11.5 Å². The SMILES string of the molecule is CC(=O)Nc1cccc(-c2cc(C(=O)O)cc(C(F)(F)F)c2)c1. The van der Waals surface area contributed by atoms with Crippen molar-refractivity contribution in [3.8, 4) is 11.1 Å². The van der Waals surface area contributed by atoms with Crippen LogP contribution in [0.1, 0.15) is 22.8 Å². The first-order valence-corrected chi connectivity index (χ1v) is 6.50. The molecule has 1 amide bonds. The number of carbonyl (C=O) groups is 2. The first-order chi connectivity index (χ1) is 10.7. The molecular formula is C16H12F3NO3. The highest BCUT2D eigenvalue weighted by atomic mass is 19.4. The number of nitrogens with one attached hydrogen (secondary N) is 1. The monoisotopic (exact) mass is 323 g/mol. The van der Waals surface area contributed by atoms with Gasteiger partial charge in [0.15, 0.2) is 0 Å². The van der Waals surface area contributed by atoms with Gasteiger partial charge in [0.05, 0.1) is 11.1 Å². The maximum atomic E-state index is 12.9. The van der Waals surface area contributed by atoms with Gasteiger partial charge < -0.3 is 10.4 Å². The molecule has 0 aliphatic heterocycles. The minimum Gasteiger partial charge on any atom is -0.478 e. The van der Waals surface area contributed by atoms with Crippen LogP contribution in [-0.2, 0) is 11.0 Å². The summed E-state index contributed by atoms with van der Waals surface area (Å²) in [7, 11) is 0. The molecule has 0 heterocycles. The van der Waals surface area contributed by atoms with E-state index in [1.165, 1.54) is 19.1 Å². The highest BCUT2D eigenvalue weighted by Crippen LogP contribution is 2.34. The van der Waals surface area contributed by atoms with Crippen molar-refractivity contribution < 1.29 is 27.9 Å². The number of anilines is 1. The van der Waals surface area contributed by atoms with Crippen LogP contribution in [0.3, 0.4) is 0 Å². The number of hydrogen-bond acceptors (Lipinski definition) is 2. The normalized spacial score (nSPS) is 11.1. The maximum Gasteiger partial charge on any atom is 0.416 e. The highest BCUT2D eigenvalue weighted by molar-refractivity contribution is 5.91. The number of carboxylic acids is 1. The summed E-state index contributed by atoms with van der Waals surface area (Å²) in [6.45, 7) is 1.31. The summed E-state index contributed by atoms with van der Waals surface area (Å²) in [4.78, 5) is 22.1. The van der Waals surface area contributed by atoms with Gasteiger partial charge in [0.25, 0.3) is 0 Å². The lowest BCUT2D eigenvalue weighted by Gasteiger charge is -2.12. The fourth-order valence-electron chi connectivity index (χ4n) is 2.06. The van der Waals surface area contributed by atoms with Crippen molar-refractivity contribution in [3.05, 3.63) is 53.6 Å². The number of rotatable bonds is 3. The predicted molar refractivity (Wildman–Crippen MR) is 78.1 cm³/mol. The highest BCUT2D eigenvalue weighted by Gasteiger charge is 2.32. The Labute approximate surface area is 129 Å². The molecule has 2 rings (SSSR count). The van der Waals surface area contributed by atoms with Crippen molar-refractivity contribution in [1.82, 2.24) is 0 Å². The van der Waals surface area contributed by atoms with Crippen LogP contribution < -0.4 is 5.32 Å². The first kappa shape index (κ1) is 16.5. The Kier molecular flexibility index (Phi) is 4.40. The zero-order valence-electron chi connectivity index (χ0n) is 11.9. The van der Waals surface area contributed by atoms with Crippen molar-refractivity contribution in [1.29, 1.82) is 0 Å². The zero-order valence-corrected chi connectivity index (χ0v) is 11.9. The lowest BCUT2D eigenvalue weighted by atomic mass is 9.99. The molecule has 0 unspecified atom stereocenters. The number of amides is 1. The van der Waals surface area contributed by atoms with E-state index in [4.69, 9.17) is 5.11 Å². The molecule has 0 bridgehead atoms. The number of carbonyl (C=O) groups excluding carboxylic acids is 1. The van der Waals surface area contributed by atoms with Gasteiger partial charge in [-0.05, 0) is 41.5 Å². The van der Waals surface area contributed by atoms with Crippen LogP contribution in [0.5, 0.6) is 0 Å². The van der Waals surface area contributed by atoms with Gasteiger partial charge in [-0.15, -0.1) is 0 Å². The van der Waals surface area contributed by atoms with Gasteiger partial charge in [-0.1, -0.05) is 12.1 Å². The van der Waals surface area contributed by atoms with Gasteiger partial charge >= 0.3 is 12.1 Å². The van der Waals surface area contributed by atoms with E-state index in [2.05, 4.69) is 5.32 Å². The van der Waals surface area contributed by atoms with Crippen LogP contribution in [-0.4, -0.2) is 17.0 Å². The van der Waals surface area contributed by atoms with E-state index in [1.807, 2.05) is 0 Å². The van der Waals surface area contributed by atoms with Gasteiger partial charge in [-0.3, -0.25) is 4.79 Å². The molecule has 0 aliphatic rings. The van der Waals surface area contributed by atoms with E-state index in [0.29, 0.717) is 17.3 Å². The van der Waals surface area contributed by atoms with Gasteiger partial charge in [-0.25, -0.2) is 4.79 Å². The fraction of sp³-hybridized carbons (Fsp3) is 0.125. The number of carboxylic acid groups (broad SMARTS) is 1. The Morgan fingerprint density at radius 3 is 2.30 bits per heavy atom. The standard InChI is InChI=1S/C16H12F3NO3/c1-9(21)20-14-4-2-3-10(8-14)11-5-12(15(22)23)7-13(6-11)16(17,18)19/h2-8H,1H3,(H,20,21)(H,22,23). The lowest BCUT2D eigenvalue weighted by molar-refractivity contribution is -0.137. The van der Waals surface area contributed by atoms with Crippen molar-refractivity contribution >= 4 is 17.6 Å². The number of alkyl halides is 3. The Morgan fingerprint density at radius 1 is 1.04 bits per heavy atom. The average molecular weight is 323 g/mol. The molecule has 0 atom stereocenters. The molecule has 4 nitrogen and oxygen atoms in total. The molecule has 0 saturated heterocycles. The molecule has 2 N–H and O–H groups in total. The summed E-state index contributed by atoms with van der Waals surface area (Å²) in [5, 5.41) is 11.5. The quantitative estimate of drug-likeness (QED) is 0.896. The first-order valence-electron chi connectivity index (χ1n) is 6.50. The Balaban J connectivity index is 2.56. The van der Waals surface area contributed by atoms with E-state index in [0.717, 1.165) is 12.1 Å². The van der Waals surface area contributed by atoms with Crippen LogP contribution >= 0.6 is 0 Å². The molecule has 0 fully saturated rings. The number of benzene rings is 2. The van der Waals surface area contributed by atoms with Gasteiger partial charge in [0.2, 0.25) is 5.91 Å². The second-order valence-electron chi connectivity index (χ2n) is 4.86. The van der Waals surface area contributed by atoms with E-state index in [1.54, 1.807) is 12.1 Å². The van der Waals surface area contributed by atoms with Gasteiger partial charge in [0, 0.05) is 12.6 Å². The molecule has 2 aromatic carbocycles. The zero-order chi connectivity index (χ0) is 17.2. The predicted octanol–water partition coefficient (Wildman–Crippen LogP) is 4.03. The molecule has 2 aromatic rings. The summed E-state index contributed by atoms with van der Waals surface area (Å²) in [6, 6.07) is 8.76.